The van der Waals surface area contributed by atoms with E-state index in [-0.39, 0.29) is 11.2 Å². The Hall–Kier alpha value is -0.820. The fourth-order valence-electron chi connectivity index (χ4n) is 2.45. The highest BCUT2D eigenvalue weighted by molar-refractivity contribution is 7.99. The maximum atomic E-state index is 11.4. The third kappa shape index (κ3) is 5.64. The van der Waals surface area contributed by atoms with Crippen LogP contribution in [0.5, 0.6) is 0 Å². The van der Waals surface area contributed by atoms with Gasteiger partial charge >= 0.3 is 0 Å². The molecule has 1 amide bonds. The second-order valence-electron chi connectivity index (χ2n) is 5.48. The van der Waals surface area contributed by atoms with Crippen molar-refractivity contribution in [2.24, 2.45) is 0 Å². The second kappa shape index (κ2) is 9.47. The van der Waals surface area contributed by atoms with E-state index >= 15 is 0 Å². The Morgan fingerprint density at radius 1 is 1.17 bits per heavy atom. The lowest BCUT2D eigenvalue weighted by Gasteiger charge is -2.11. The van der Waals surface area contributed by atoms with Crippen molar-refractivity contribution in [2.45, 2.75) is 44.3 Å². The molecule has 23 heavy (non-hydrogen) atoms. The van der Waals surface area contributed by atoms with Gasteiger partial charge in [-0.1, -0.05) is 12.8 Å². The topological polar surface area (TPSA) is 49.3 Å². The molecule has 2 rings (SSSR count). The normalized spacial score (nSPS) is 12.3. The largest absolute Gasteiger partial charge is 0.289 e. The number of thioether (sulfide) groups is 1. The lowest BCUT2D eigenvalue weighted by molar-refractivity contribution is -0.128. The van der Waals surface area contributed by atoms with Crippen molar-refractivity contribution in [3.8, 4) is 9.75 Å². The molecule has 1 unspecified atom stereocenters. The molecule has 0 aromatic carbocycles. The number of hydroxylamine groups is 1. The van der Waals surface area contributed by atoms with Crippen LogP contribution in [0.3, 0.4) is 0 Å². The van der Waals surface area contributed by atoms with Crippen molar-refractivity contribution < 1.29 is 10.0 Å². The van der Waals surface area contributed by atoms with Crippen molar-refractivity contribution in [1.82, 2.24) is 5.48 Å². The summed E-state index contributed by atoms with van der Waals surface area (Å²) in [5.74, 6) is -0.286. The molecule has 2 N–H and O–H groups in total. The van der Waals surface area contributed by atoms with Gasteiger partial charge in [-0.2, -0.15) is 11.8 Å². The van der Waals surface area contributed by atoms with Crippen molar-refractivity contribution in [1.29, 1.82) is 0 Å². The summed E-state index contributed by atoms with van der Waals surface area (Å²) in [6.45, 7) is 2.14. The van der Waals surface area contributed by atoms with E-state index in [0.717, 1.165) is 32.1 Å². The molecule has 6 heteroatoms. The molecular formula is C17H23NO2S3. The molecule has 1 atom stereocenters. The Balaban J connectivity index is 1.71. The molecule has 2 aromatic rings. The minimum absolute atomic E-state index is 0.143. The molecule has 0 fully saturated rings. The number of thiophene rings is 2. The Morgan fingerprint density at radius 3 is 2.57 bits per heavy atom. The van der Waals surface area contributed by atoms with Crippen LogP contribution in [0.25, 0.3) is 9.75 Å². The minimum atomic E-state index is -0.286. The molecule has 0 aliphatic rings. The molecule has 0 aliphatic heterocycles. The first-order valence-corrected chi connectivity index (χ1v) is 10.7. The number of carbonyl (C=O) groups excluding carboxylic acids is 1. The quantitative estimate of drug-likeness (QED) is 0.366. The first-order valence-electron chi connectivity index (χ1n) is 7.76. The zero-order valence-corrected chi connectivity index (χ0v) is 16.0. The molecule has 3 nitrogen and oxygen atoms in total. The van der Waals surface area contributed by atoms with Gasteiger partial charge < -0.3 is 0 Å². The number of nitrogens with one attached hydrogen (secondary N) is 1. The van der Waals surface area contributed by atoms with Gasteiger partial charge in [-0.15, -0.1) is 22.7 Å². The third-order valence-electron chi connectivity index (χ3n) is 3.72. The number of carbonyl (C=O) groups is 1. The van der Waals surface area contributed by atoms with Crippen molar-refractivity contribution in [3.05, 3.63) is 34.0 Å². The molecule has 0 spiro atoms. The van der Waals surface area contributed by atoms with Crippen LogP contribution in [0.15, 0.2) is 24.3 Å². The van der Waals surface area contributed by atoms with E-state index in [0.29, 0.717) is 0 Å². The first kappa shape index (κ1) is 18.5. The molecule has 0 bridgehead atoms. The molecule has 0 saturated heterocycles. The standard InChI is InChI=1S/C17H23NO2S3/c1-12-8-10-14(22-12)15-11-9-13(23-15)6-4-3-5-7-16(21-2)17(19)18-20/h8-11,16,20H,3-7H2,1-2H3,(H,18,19). The van der Waals surface area contributed by atoms with E-state index < -0.39 is 0 Å². The van der Waals surface area contributed by atoms with E-state index in [4.69, 9.17) is 5.21 Å². The highest BCUT2D eigenvalue weighted by atomic mass is 32.2. The average Bonchev–Trinajstić information content (AvgIpc) is 3.19. The summed E-state index contributed by atoms with van der Waals surface area (Å²) in [6.07, 6.45) is 7.09. The highest BCUT2D eigenvalue weighted by Crippen LogP contribution is 2.33. The van der Waals surface area contributed by atoms with Gasteiger partial charge in [0, 0.05) is 19.5 Å². The van der Waals surface area contributed by atoms with E-state index in [1.165, 1.54) is 31.3 Å². The maximum Gasteiger partial charge on any atom is 0.256 e. The monoisotopic (exact) mass is 369 g/mol. The van der Waals surface area contributed by atoms with Crippen LogP contribution in [0.4, 0.5) is 0 Å². The lowest BCUT2D eigenvalue weighted by atomic mass is 10.1. The first-order chi connectivity index (χ1) is 11.1. The summed E-state index contributed by atoms with van der Waals surface area (Å²) in [7, 11) is 0. The fourth-order valence-corrected chi connectivity index (χ4v) is 5.12. The number of rotatable bonds is 9. The third-order valence-corrected chi connectivity index (χ3v) is 7.08. The van der Waals surface area contributed by atoms with Gasteiger partial charge in [0.05, 0.1) is 5.25 Å². The lowest BCUT2D eigenvalue weighted by Crippen LogP contribution is -2.29. The number of hydrogen-bond donors (Lipinski definition) is 2. The van der Waals surface area contributed by atoms with Crippen molar-refractivity contribution >= 4 is 40.3 Å². The van der Waals surface area contributed by atoms with Crippen LogP contribution in [0, 0.1) is 6.92 Å². The van der Waals surface area contributed by atoms with Crippen LogP contribution in [-0.4, -0.2) is 22.6 Å². The van der Waals surface area contributed by atoms with Crippen LogP contribution >= 0.6 is 34.4 Å². The SMILES string of the molecule is CSC(CCCCCc1ccc(-c2ccc(C)s2)s1)C(=O)NO. The maximum absolute atomic E-state index is 11.4. The fraction of sp³-hybridized carbons (Fsp3) is 0.471. The molecule has 126 valence electrons. The summed E-state index contributed by atoms with van der Waals surface area (Å²) in [4.78, 5) is 16.9. The van der Waals surface area contributed by atoms with Gasteiger partial charge in [0.25, 0.3) is 5.91 Å². The highest BCUT2D eigenvalue weighted by Gasteiger charge is 2.15. The molecular weight excluding hydrogens is 346 g/mol. The molecule has 0 saturated carbocycles. The van der Waals surface area contributed by atoms with Crippen molar-refractivity contribution in [2.75, 3.05) is 6.26 Å². The summed E-state index contributed by atoms with van der Waals surface area (Å²) in [6, 6.07) is 8.83. The zero-order chi connectivity index (χ0) is 16.7. The number of amides is 1. The molecule has 2 heterocycles. The number of unbranched alkanes of at least 4 members (excludes halogenated alkanes) is 2. The minimum Gasteiger partial charge on any atom is -0.289 e. The number of hydrogen-bond acceptors (Lipinski definition) is 5. The molecule has 2 aromatic heterocycles. The van der Waals surface area contributed by atoms with E-state index in [9.17, 15) is 4.79 Å². The predicted octanol–water partition coefficient (Wildman–Crippen LogP) is 5.12. The van der Waals surface area contributed by atoms with Gasteiger partial charge in [-0.05, 0) is 56.7 Å². The number of aryl methyl sites for hydroxylation is 2. The predicted molar refractivity (Wildman–Crippen MR) is 102 cm³/mol. The summed E-state index contributed by atoms with van der Waals surface area (Å²) in [5, 5.41) is 8.53. The van der Waals surface area contributed by atoms with Crippen LogP contribution < -0.4 is 5.48 Å². The Morgan fingerprint density at radius 2 is 1.91 bits per heavy atom. The van der Waals surface area contributed by atoms with Gasteiger partial charge in [0.15, 0.2) is 0 Å². The van der Waals surface area contributed by atoms with E-state index in [1.807, 2.05) is 28.9 Å². The Kier molecular flexibility index (Phi) is 7.62. The van der Waals surface area contributed by atoms with Crippen molar-refractivity contribution in [3.63, 3.8) is 0 Å². The van der Waals surface area contributed by atoms with Gasteiger partial charge in [-0.3, -0.25) is 10.0 Å². The van der Waals surface area contributed by atoms with E-state index in [1.54, 1.807) is 5.48 Å². The van der Waals surface area contributed by atoms with Crippen LogP contribution in [-0.2, 0) is 11.2 Å². The summed E-state index contributed by atoms with van der Waals surface area (Å²) >= 11 is 5.22. The molecule has 0 radical (unpaired) electrons. The van der Waals surface area contributed by atoms with Crippen LogP contribution in [0.1, 0.15) is 35.4 Å². The van der Waals surface area contributed by atoms with Crippen LogP contribution in [0.2, 0.25) is 0 Å². The average molecular weight is 370 g/mol. The summed E-state index contributed by atoms with van der Waals surface area (Å²) in [5.41, 5.74) is 1.75. The Labute approximate surface area is 150 Å². The second-order valence-corrected chi connectivity index (χ2v) is 8.97. The Bertz CT molecular complexity index is 621. The summed E-state index contributed by atoms with van der Waals surface area (Å²) < 4.78 is 0. The molecule has 0 aliphatic carbocycles. The van der Waals surface area contributed by atoms with Gasteiger partial charge in [0.1, 0.15) is 0 Å². The van der Waals surface area contributed by atoms with E-state index in [2.05, 4.69) is 31.2 Å². The zero-order valence-electron chi connectivity index (χ0n) is 13.5. The van der Waals surface area contributed by atoms with Gasteiger partial charge in [0.2, 0.25) is 0 Å². The smallest absolute Gasteiger partial charge is 0.256 e. The van der Waals surface area contributed by atoms with Gasteiger partial charge in [-0.25, -0.2) is 5.48 Å².